The van der Waals surface area contributed by atoms with Crippen molar-refractivity contribution in [2.75, 3.05) is 19.0 Å². The highest BCUT2D eigenvalue weighted by Crippen LogP contribution is 2.15. The van der Waals surface area contributed by atoms with Crippen molar-refractivity contribution in [3.8, 4) is 5.75 Å². The second-order valence-electron chi connectivity index (χ2n) is 3.84. The maximum Gasteiger partial charge on any atom is 0.277 e. The lowest BCUT2D eigenvalue weighted by molar-refractivity contribution is 0.102. The maximum atomic E-state index is 11.9. The number of amides is 1. The van der Waals surface area contributed by atoms with E-state index in [-0.39, 0.29) is 11.6 Å². The number of nitrogens with one attached hydrogen (secondary N) is 1. The molecule has 0 saturated heterocycles. The zero-order valence-electron chi connectivity index (χ0n) is 10.5. The fraction of sp³-hybridized carbons (Fsp3) is 0.250. The summed E-state index contributed by atoms with van der Waals surface area (Å²) in [5, 5.41) is 10.3. The van der Waals surface area contributed by atoms with Crippen LogP contribution in [0.5, 0.6) is 5.75 Å². The normalized spacial score (nSPS) is 10.2. The number of hydrogen-bond acceptors (Lipinski definition) is 5. The second kappa shape index (κ2) is 5.96. The van der Waals surface area contributed by atoms with Crippen molar-refractivity contribution in [1.29, 1.82) is 0 Å². The first kappa shape index (κ1) is 13.0. The minimum atomic E-state index is -0.312. The van der Waals surface area contributed by atoms with Crippen LogP contribution >= 0.6 is 0 Å². The van der Waals surface area contributed by atoms with Crippen molar-refractivity contribution < 1.29 is 9.53 Å². The molecular formula is C12H15N5O2. The lowest BCUT2D eigenvalue weighted by atomic mass is 10.3. The van der Waals surface area contributed by atoms with Gasteiger partial charge in [0, 0.05) is 12.2 Å². The number of carbonyl (C=O) groups is 1. The molecule has 100 valence electrons. The molecule has 19 heavy (non-hydrogen) atoms. The number of carbonyl (C=O) groups excluding carboxylic acids is 1. The zero-order valence-corrected chi connectivity index (χ0v) is 10.5. The first-order chi connectivity index (χ1) is 9.22. The summed E-state index contributed by atoms with van der Waals surface area (Å²) in [5.41, 5.74) is 6.32. The SMILES string of the molecule is COc1ccc(NC(=O)c2cn(CCN)nn2)cc1. The van der Waals surface area contributed by atoms with Crippen LogP contribution < -0.4 is 15.8 Å². The molecule has 0 unspecified atom stereocenters. The number of hydrogen-bond donors (Lipinski definition) is 2. The summed E-state index contributed by atoms with van der Waals surface area (Å²) in [6.45, 7) is 0.978. The molecule has 1 aromatic heterocycles. The number of ether oxygens (including phenoxy) is 1. The van der Waals surface area contributed by atoms with Crippen LogP contribution in [0, 0.1) is 0 Å². The van der Waals surface area contributed by atoms with Gasteiger partial charge < -0.3 is 15.8 Å². The molecule has 0 aliphatic carbocycles. The molecule has 2 aromatic rings. The summed E-state index contributed by atoms with van der Waals surface area (Å²) in [6, 6.07) is 7.03. The van der Waals surface area contributed by atoms with Crippen molar-refractivity contribution in [1.82, 2.24) is 15.0 Å². The molecule has 3 N–H and O–H groups in total. The van der Waals surface area contributed by atoms with Crippen LogP contribution in [0.25, 0.3) is 0 Å². The minimum absolute atomic E-state index is 0.254. The Morgan fingerprint density at radius 1 is 1.42 bits per heavy atom. The van der Waals surface area contributed by atoms with E-state index in [1.165, 1.54) is 4.68 Å². The van der Waals surface area contributed by atoms with Gasteiger partial charge in [-0.05, 0) is 24.3 Å². The monoisotopic (exact) mass is 261 g/mol. The van der Waals surface area contributed by atoms with Crippen LogP contribution in [-0.4, -0.2) is 34.6 Å². The zero-order chi connectivity index (χ0) is 13.7. The second-order valence-corrected chi connectivity index (χ2v) is 3.84. The van der Waals surface area contributed by atoms with Crippen molar-refractivity contribution in [2.24, 2.45) is 5.73 Å². The van der Waals surface area contributed by atoms with Gasteiger partial charge in [0.15, 0.2) is 5.69 Å². The Morgan fingerprint density at radius 3 is 2.79 bits per heavy atom. The molecule has 0 radical (unpaired) electrons. The standard InChI is InChI=1S/C12H15N5O2/c1-19-10-4-2-9(3-5-10)14-12(18)11-8-17(7-6-13)16-15-11/h2-5,8H,6-7,13H2,1H3,(H,14,18). The van der Waals surface area contributed by atoms with E-state index in [0.29, 0.717) is 18.8 Å². The van der Waals surface area contributed by atoms with Gasteiger partial charge >= 0.3 is 0 Å². The number of anilines is 1. The van der Waals surface area contributed by atoms with E-state index < -0.39 is 0 Å². The van der Waals surface area contributed by atoms with Gasteiger partial charge in [-0.1, -0.05) is 5.21 Å². The van der Waals surface area contributed by atoms with Crippen LogP contribution in [0.1, 0.15) is 10.5 Å². The van der Waals surface area contributed by atoms with E-state index in [9.17, 15) is 4.79 Å². The number of aromatic nitrogens is 3. The van der Waals surface area contributed by atoms with Gasteiger partial charge in [0.25, 0.3) is 5.91 Å². The summed E-state index contributed by atoms with van der Waals surface area (Å²) in [5.74, 6) is 0.417. The van der Waals surface area contributed by atoms with E-state index in [4.69, 9.17) is 10.5 Å². The number of methoxy groups -OCH3 is 1. The summed E-state index contributed by atoms with van der Waals surface area (Å²) in [4.78, 5) is 11.9. The van der Waals surface area contributed by atoms with Crippen molar-refractivity contribution >= 4 is 11.6 Å². The first-order valence-corrected chi connectivity index (χ1v) is 5.78. The van der Waals surface area contributed by atoms with Gasteiger partial charge in [0.1, 0.15) is 5.75 Å². The molecular weight excluding hydrogens is 246 g/mol. The average molecular weight is 261 g/mol. The van der Waals surface area contributed by atoms with E-state index in [1.54, 1.807) is 37.6 Å². The Morgan fingerprint density at radius 2 is 2.16 bits per heavy atom. The predicted octanol–water partition coefficient (Wildman–Crippen LogP) is 0.498. The molecule has 0 bridgehead atoms. The van der Waals surface area contributed by atoms with Crippen molar-refractivity contribution in [2.45, 2.75) is 6.54 Å². The number of rotatable bonds is 5. The molecule has 1 aromatic carbocycles. The fourth-order valence-corrected chi connectivity index (χ4v) is 1.51. The largest absolute Gasteiger partial charge is 0.497 e. The van der Waals surface area contributed by atoms with Gasteiger partial charge in [-0.25, -0.2) is 0 Å². The van der Waals surface area contributed by atoms with Crippen LogP contribution in [0.2, 0.25) is 0 Å². The van der Waals surface area contributed by atoms with E-state index in [0.717, 1.165) is 5.75 Å². The number of nitrogens with two attached hydrogens (primary N) is 1. The Balaban J connectivity index is 2.02. The lowest BCUT2D eigenvalue weighted by Gasteiger charge is -2.04. The van der Waals surface area contributed by atoms with E-state index in [1.807, 2.05) is 0 Å². The summed E-state index contributed by atoms with van der Waals surface area (Å²) >= 11 is 0. The Hall–Kier alpha value is -2.41. The summed E-state index contributed by atoms with van der Waals surface area (Å²) in [6.07, 6.45) is 1.56. The van der Waals surface area contributed by atoms with Gasteiger partial charge in [-0.3, -0.25) is 9.48 Å². The topological polar surface area (TPSA) is 95.1 Å². The molecule has 0 saturated carbocycles. The lowest BCUT2D eigenvalue weighted by Crippen LogP contribution is -2.12. The molecule has 0 fully saturated rings. The maximum absolute atomic E-state index is 11.9. The summed E-state index contributed by atoms with van der Waals surface area (Å²) < 4.78 is 6.57. The Kier molecular flexibility index (Phi) is 4.09. The van der Waals surface area contributed by atoms with Crippen LogP contribution in [0.15, 0.2) is 30.5 Å². The molecule has 0 atom stereocenters. The first-order valence-electron chi connectivity index (χ1n) is 5.78. The van der Waals surface area contributed by atoms with Crippen LogP contribution in [0.3, 0.4) is 0 Å². The Labute approximate surface area is 110 Å². The van der Waals surface area contributed by atoms with E-state index in [2.05, 4.69) is 15.6 Å². The highest BCUT2D eigenvalue weighted by Gasteiger charge is 2.10. The number of nitrogens with zero attached hydrogens (tertiary/aromatic N) is 3. The molecule has 1 amide bonds. The fourth-order valence-electron chi connectivity index (χ4n) is 1.51. The van der Waals surface area contributed by atoms with Gasteiger partial charge in [0.2, 0.25) is 0 Å². The molecule has 7 heteroatoms. The smallest absolute Gasteiger partial charge is 0.277 e. The van der Waals surface area contributed by atoms with Crippen molar-refractivity contribution in [3.05, 3.63) is 36.2 Å². The molecule has 1 heterocycles. The third kappa shape index (κ3) is 3.29. The molecule has 0 spiro atoms. The minimum Gasteiger partial charge on any atom is -0.497 e. The third-order valence-corrected chi connectivity index (χ3v) is 2.48. The molecule has 7 nitrogen and oxygen atoms in total. The highest BCUT2D eigenvalue weighted by atomic mass is 16.5. The van der Waals surface area contributed by atoms with Crippen molar-refractivity contribution in [3.63, 3.8) is 0 Å². The quantitative estimate of drug-likeness (QED) is 0.817. The summed E-state index contributed by atoms with van der Waals surface area (Å²) in [7, 11) is 1.59. The third-order valence-electron chi connectivity index (χ3n) is 2.48. The van der Waals surface area contributed by atoms with Crippen LogP contribution in [0.4, 0.5) is 5.69 Å². The predicted molar refractivity (Wildman–Crippen MR) is 70.0 cm³/mol. The van der Waals surface area contributed by atoms with Gasteiger partial charge in [0.05, 0.1) is 19.9 Å². The number of benzene rings is 1. The average Bonchev–Trinajstić information content (AvgIpc) is 2.89. The van der Waals surface area contributed by atoms with E-state index >= 15 is 0 Å². The Bertz CT molecular complexity index is 550. The van der Waals surface area contributed by atoms with Crippen LogP contribution in [-0.2, 0) is 6.54 Å². The molecule has 0 aliphatic rings. The molecule has 0 aliphatic heterocycles. The molecule has 2 rings (SSSR count). The van der Waals surface area contributed by atoms with Gasteiger partial charge in [-0.2, -0.15) is 0 Å². The highest BCUT2D eigenvalue weighted by molar-refractivity contribution is 6.02. The van der Waals surface area contributed by atoms with Gasteiger partial charge in [-0.15, -0.1) is 5.10 Å².